The van der Waals surface area contributed by atoms with Crippen LogP contribution in [0.25, 0.3) is 37.0 Å². The van der Waals surface area contributed by atoms with E-state index >= 15 is 0 Å². The van der Waals surface area contributed by atoms with Crippen LogP contribution >= 0.6 is 22.7 Å². The van der Waals surface area contributed by atoms with Gasteiger partial charge < -0.3 is 5.32 Å². The van der Waals surface area contributed by atoms with Crippen LogP contribution in [-0.4, -0.2) is 20.3 Å². The van der Waals surface area contributed by atoms with Crippen LogP contribution in [-0.2, 0) is 0 Å². The van der Waals surface area contributed by atoms with Gasteiger partial charge in [0.2, 0.25) is 0 Å². The molecule has 6 rings (SSSR count). The van der Waals surface area contributed by atoms with E-state index < -0.39 is 11.5 Å². The van der Waals surface area contributed by atoms with Gasteiger partial charge in [-0.3, -0.25) is 14.0 Å². The minimum absolute atomic E-state index is 0.0105. The van der Waals surface area contributed by atoms with Crippen LogP contribution in [0.15, 0.2) is 89.2 Å². The first-order valence-electron chi connectivity index (χ1n) is 10.9. The average molecular weight is 495 g/mol. The average Bonchev–Trinajstić information content (AvgIpc) is 3.50. The number of nitrogens with one attached hydrogen (secondary N) is 1. The summed E-state index contributed by atoms with van der Waals surface area (Å²) in [6.07, 6.45) is 1.34. The van der Waals surface area contributed by atoms with E-state index in [-0.39, 0.29) is 5.56 Å². The highest BCUT2D eigenvalue weighted by Crippen LogP contribution is 2.31. The molecule has 3 aromatic carbocycles. The standard InChI is InChI=1S/C27H18N4O2S2/c1-16-7-12-21-23(13-16)35-25(30-21)18-8-10-19(11-9-18)29-24(32)20-14-28-27-31(26(20)33)22(15-34-27)17-5-3-2-4-6-17/h2-15H,1H3,(H,29,32). The first kappa shape index (κ1) is 21.4. The molecule has 170 valence electrons. The minimum atomic E-state index is -0.495. The Morgan fingerprint density at radius 1 is 0.971 bits per heavy atom. The van der Waals surface area contributed by atoms with Gasteiger partial charge in [-0.05, 0) is 54.4 Å². The SMILES string of the molecule is Cc1ccc2nc(-c3ccc(NC(=O)c4cnc5scc(-c6ccccc6)n5c4=O)cc3)sc2c1. The quantitative estimate of drug-likeness (QED) is 0.314. The predicted molar refractivity (Wildman–Crippen MR) is 143 cm³/mol. The van der Waals surface area contributed by atoms with Crippen molar-refractivity contribution in [3.05, 3.63) is 106 Å². The fourth-order valence-electron chi connectivity index (χ4n) is 3.91. The lowest BCUT2D eigenvalue weighted by Crippen LogP contribution is -2.26. The number of carbonyl (C=O) groups is 1. The summed E-state index contributed by atoms with van der Waals surface area (Å²) in [5.74, 6) is -0.495. The molecule has 0 aliphatic rings. The Labute approximate surface area is 208 Å². The number of thiazole rings is 2. The van der Waals surface area contributed by atoms with Crippen LogP contribution in [0.1, 0.15) is 15.9 Å². The molecule has 0 spiro atoms. The molecular formula is C27H18N4O2S2. The Morgan fingerprint density at radius 3 is 2.57 bits per heavy atom. The molecule has 3 heterocycles. The Kier molecular flexibility index (Phi) is 5.24. The van der Waals surface area contributed by atoms with E-state index in [0.29, 0.717) is 16.3 Å². The molecule has 0 unspecified atom stereocenters. The number of aryl methyl sites for hydroxylation is 1. The second-order valence-electron chi connectivity index (χ2n) is 8.10. The number of rotatable bonds is 4. The van der Waals surface area contributed by atoms with E-state index in [2.05, 4.69) is 29.4 Å². The summed E-state index contributed by atoms with van der Waals surface area (Å²) in [5, 5.41) is 5.62. The Balaban J connectivity index is 1.28. The number of hydrogen-bond acceptors (Lipinski definition) is 6. The highest BCUT2D eigenvalue weighted by atomic mass is 32.1. The molecule has 0 aliphatic carbocycles. The molecule has 6 nitrogen and oxygen atoms in total. The minimum Gasteiger partial charge on any atom is -0.322 e. The summed E-state index contributed by atoms with van der Waals surface area (Å²) in [7, 11) is 0. The monoisotopic (exact) mass is 494 g/mol. The topological polar surface area (TPSA) is 76.4 Å². The lowest BCUT2D eigenvalue weighted by molar-refractivity contribution is 0.102. The molecule has 1 N–H and O–H groups in total. The zero-order chi connectivity index (χ0) is 23.9. The molecule has 35 heavy (non-hydrogen) atoms. The molecule has 0 saturated heterocycles. The van der Waals surface area contributed by atoms with Gasteiger partial charge in [-0.2, -0.15) is 0 Å². The normalized spacial score (nSPS) is 11.2. The Morgan fingerprint density at radius 2 is 1.77 bits per heavy atom. The van der Waals surface area contributed by atoms with Crippen molar-refractivity contribution < 1.29 is 4.79 Å². The molecule has 0 bridgehead atoms. The fourth-order valence-corrected chi connectivity index (χ4v) is 5.84. The van der Waals surface area contributed by atoms with Gasteiger partial charge in [0, 0.05) is 22.8 Å². The highest BCUT2D eigenvalue weighted by molar-refractivity contribution is 7.21. The summed E-state index contributed by atoms with van der Waals surface area (Å²) in [6.45, 7) is 2.07. The highest BCUT2D eigenvalue weighted by Gasteiger charge is 2.17. The second kappa shape index (κ2) is 8.57. The zero-order valence-corrected chi connectivity index (χ0v) is 20.2. The van der Waals surface area contributed by atoms with Gasteiger partial charge in [0.15, 0.2) is 4.96 Å². The van der Waals surface area contributed by atoms with E-state index in [1.165, 1.54) is 27.5 Å². The van der Waals surface area contributed by atoms with Crippen molar-refractivity contribution >= 4 is 49.4 Å². The predicted octanol–water partition coefficient (Wildman–Crippen LogP) is 6.26. The molecule has 0 atom stereocenters. The van der Waals surface area contributed by atoms with Crippen LogP contribution in [0.3, 0.4) is 0 Å². The van der Waals surface area contributed by atoms with E-state index in [0.717, 1.165) is 26.4 Å². The third-order valence-electron chi connectivity index (χ3n) is 5.69. The van der Waals surface area contributed by atoms with Gasteiger partial charge in [-0.1, -0.05) is 36.4 Å². The van der Waals surface area contributed by atoms with Crippen molar-refractivity contribution in [2.75, 3.05) is 5.32 Å². The summed E-state index contributed by atoms with van der Waals surface area (Å²) >= 11 is 3.00. The number of carbonyl (C=O) groups excluding carboxylic acids is 1. The van der Waals surface area contributed by atoms with Crippen LogP contribution in [0, 0.1) is 6.92 Å². The number of fused-ring (bicyclic) bond motifs is 2. The van der Waals surface area contributed by atoms with Crippen molar-refractivity contribution in [2.24, 2.45) is 0 Å². The molecular weight excluding hydrogens is 476 g/mol. The zero-order valence-electron chi connectivity index (χ0n) is 18.6. The fraction of sp³-hybridized carbons (Fsp3) is 0.0370. The Hall–Kier alpha value is -4.14. The summed E-state index contributed by atoms with van der Waals surface area (Å²) in [4.78, 5) is 35.8. The number of aromatic nitrogens is 3. The van der Waals surface area contributed by atoms with Gasteiger partial charge in [0.1, 0.15) is 10.6 Å². The summed E-state index contributed by atoms with van der Waals surface area (Å²) in [6, 6.07) is 23.3. The smallest absolute Gasteiger partial charge is 0.271 e. The van der Waals surface area contributed by atoms with Gasteiger partial charge in [0.25, 0.3) is 11.5 Å². The largest absolute Gasteiger partial charge is 0.322 e. The van der Waals surface area contributed by atoms with E-state index in [9.17, 15) is 9.59 Å². The third kappa shape index (κ3) is 3.92. The molecule has 0 radical (unpaired) electrons. The first-order chi connectivity index (χ1) is 17.1. The molecule has 8 heteroatoms. The molecule has 1 amide bonds. The Bertz CT molecular complexity index is 1770. The molecule has 0 saturated carbocycles. The number of amides is 1. The summed E-state index contributed by atoms with van der Waals surface area (Å²) < 4.78 is 2.64. The lowest BCUT2D eigenvalue weighted by Gasteiger charge is -2.07. The van der Waals surface area contributed by atoms with Crippen molar-refractivity contribution in [2.45, 2.75) is 6.92 Å². The number of anilines is 1. The van der Waals surface area contributed by atoms with Gasteiger partial charge in [-0.15, -0.1) is 22.7 Å². The van der Waals surface area contributed by atoms with Crippen LogP contribution in [0.2, 0.25) is 0 Å². The van der Waals surface area contributed by atoms with Gasteiger partial charge >= 0.3 is 0 Å². The van der Waals surface area contributed by atoms with Gasteiger partial charge in [-0.25, -0.2) is 9.97 Å². The third-order valence-corrected chi connectivity index (χ3v) is 7.60. The van der Waals surface area contributed by atoms with E-state index in [1.54, 1.807) is 11.3 Å². The van der Waals surface area contributed by atoms with Crippen molar-refractivity contribution in [3.63, 3.8) is 0 Å². The second-order valence-corrected chi connectivity index (χ2v) is 9.97. The van der Waals surface area contributed by atoms with Crippen molar-refractivity contribution in [3.8, 4) is 21.8 Å². The van der Waals surface area contributed by atoms with Gasteiger partial charge in [0.05, 0.1) is 15.9 Å². The van der Waals surface area contributed by atoms with E-state index in [1.807, 2.05) is 66.0 Å². The molecule has 3 aromatic heterocycles. The lowest BCUT2D eigenvalue weighted by atomic mass is 10.2. The van der Waals surface area contributed by atoms with Crippen LogP contribution in [0.5, 0.6) is 0 Å². The molecule has 6 aromatic rings. The first-order valence-corrected chi connectivity index (χ1v) is 12.6. The number of hydrogen-bond donors (Lipinski definition) is 1. The van der Waals surface area contributed by atoms with Crippen molar-refractivity contribution in [1.82, 2.24) is 14.4 Å². The van der Waals surface area contributed by atoms with Crippen molar-refractivity contribution in [1.29, 1.82) is 0 Å². The maximum absolute atomic E-state index is 13.2. The van der Waals surface area contributed by atoms with Crippen LogP contribution < -0.4 is 10.9 Å². The summed E-state index contributed by atoms with van der Waals surface area (Å²) in [5.41, 5.74) is 4.93. The maximum atomic E-state index is 13.2. The molecule has 0 aliphatic heterocycles. The molecule has 0 fully saturated rings. The van der Waals surface area contributed by atoms with Crippen LogP contribution in [0.4, 0.5) is 5.69 Å². The number of nitrogens with zero attached hydrogens (tertiary/aromatic N) is 3. The number of benzene rings is 3. The maximum Gasteiger partial charge on any atom is 0.271 e. The van der Waals surface area contributed by atoms with E-state index in [4.69, 9.17) is 4.98 Å².